The molecule has 0 aliphatic heterocycles. The summed E-state index contributed by atoms with van der Waals surface area (Å²) in [7, 11) is 0. The van der Waals surface area contributed by atoms with E-state index >= 15 is 0 Å². The predicted octanol–water partition coefficient (Wildman–Crippen LogP) is 6.12. The topological polar surface area (TPSA) is 26.3 Å². The Kier molecular flexibility index (Phi) is 9.19. The van der Waals surface area contributed by atoms with Crippen molar-refractivity contribution in [1.82, 2.24) is 0 Å². The Morgan fingerprint density at radius 1 is 1.05 bits per heavy atom. The van der Waals surface area contributed by atoms with Crippen molar-refractivity contribution in [3.05, 3.63) is 32.7 Å². The third-order valence-electron chi connectivity index (χ3n) is 3.13. The van der Waals surface area contributed by atoms with E-state index in [0.717, 1.165) is 21.8 Å². The number of halogens is 2. The van der Waals surface area contributed by atoms with Crippen LogP contribution in [0.3, 0.4) is 0 Å². The van der Waals surface area contributed by atoms with Gasteiger partial charge in [-0.05, 0) is 40.5 Å². The molecule has 0 N–H and O–H groups in total. The van der Waals surface area contributed by atoms with Crippen molar-refractivity contribution in [2.24, 2.45) is 0 Å². The normalized spacial score (nSPS) is 10.6. The van der Waals surface area contributed by atoms with Gasteiger partial charge in [-0.25, -0.2) is 4.79 Å². The van der Waals surface area contributed by atoms with Gasteiger partial charge in [-0.15, -0.1) is 0 Å². The van der Waals surface area contributed by atoms with Crippen LogP contribution in [0.1, 0.15) is 62.2 Å². The number of ether oxygens (including phenoxy) is 1. The molecule has 0 aliphatic rings. The molecule has 0 spiro atoms. The Balaban J connectivity index is 2.18. The summed E-state index contributed by atoms with van der Waals surface area (Å²) in [6.45, 7) is 2.73. The van der Waals surface area contributed by atoms with Crippen molar-refractivity contribution >= 4 is 37.8 Å². The molecule has 0 fully saturated rings. The molecule has 2 nitrogen and oxygen atoms in total. The van der Waals surface area contributed by atoms with E-state index in [-0.39, 0.29) is 5.97 Å². The third-order valence-corrected chi connectivity index (χ3v) is 4.31. The van der Waals surface area contributed by atoms with E-state index in [1.165, 1.54) is 32.1 Å². The van der Waals surface area contributed by atoms with Crippen molar-refractivity contribution in [1.29, 1.82) is 0 Å². The molecule has 4 heteroatoms. The first-order valence-electron chi connectivity index (χ1n) is 7.27. The van der Waals surface area contributed by atoms with Crippen molar-refractivity contribution in [3.63, 3.8) is 0 Å². The number of rotatable bonds is 9. The zero-order valence-electron chi connectivity index (χ0n) is 12.0. The van der Waals surface area contributed by atoms with Gasteiger partial charge in [0, 0.05) is 8.95 Å². The molecule has 0 amide bonds. The average Bonchev–Trinajstić information content (AvgIpc) is 2.44. The molecule has 0 saturated heterocycles. The maximum absolute atomic E-state index is 11.9. The van der Waals surface area contributed by atoms with E-state index in [1.54, 1.807) is 6.07 Å². The Bertz CT molecular complexity index is 419. The number of benzene rings is 1. The smallest absolute Gasteiger partial charge is 0.339 e. The monoisotopic (exact) mass is 404 g/mol. The molecule has 0 aromatic heterocycles. The molecule has 0 heterocycles. The predicted molar refractivity (Wildman–Crippen MR) is 90.1 cm³/mol. The van der Waals surface area contributed by atoms with Gasteiger partial charge in [-0.3, -0.25) is 0 Å². The lowest BCUT2D eigenvalue weighted by Gasteiger charge is -2.07. The summed E-state index contributed by atoms with van der Waals surface area (Å²) in [6, 6.07) is 5.50. The minimum atomic E-state index is -0.260. The van der Waals surface area contributed by atoms with Gasteiger partial charge in [0.1, 0.15) is 0 Å². The molecule has 0 bridgehead atoms. The van der Waals surface area contributed by atoms with Crippen molar-refractivity contribution < 1.29 is 9.53 Å². The SMILES string of the molecule is CCCCCCCCCOC(=O)c1cc(Br)ccc1Br. The number of hydrogen-bond donors (Lipinski definition) is 0. The van der Waals surface area contributed by atoms with Gasteiger partial charge in [0.15, 0.2) is 0 Å². The molecule has 0 aliphatic carbocycles. The van der Waals surface area contributed by atoms with Gasteiger partial charge in [0.2, 0.25) is 0 Å². The van der Waals surface area contributed by atoms with Crippen molar-refractivity contribution in [2.75, 3.05) is 6.61 Å². The molecule has 1 aromatic carbocycles. The molecule has 1 aromatic rings. The highest BCUT2D eigenvalue weighted by Crippen LogP contribution is 2.22. The fraction of sp³-hybridized carbons (Fsp3) is 0.562. The highest BCUT2D eigenvalue weighted by Gasteiger charge is 2.11. The summed E-state index contributed by atoms with van der Waals surface area (Å²) in [5.74, 6) is -0.260. The van der Waals surface area contributed by atoms with Crippen LogP contribution in [-0.2, 0) is 4.74 Å². The Hall–Kier alpha value is -0.350. The Morgan fingerprint density at radius 3 is 2.40 bits per heavy atom. The second kappa shape index (κ2) is 10.4. The summed E-state index contributed by atoms with van der Waals surface area (Å²) in [6.07, 6.45) is 8.53. The third kappa shape index (κ3) is 6.89. The first-order chi connectivity index (χ1) is 9.65. The maximum Gasteiger partial charge on any atom is 0.339 e. The number of carbonyl (C=O) groups is 1. The maximum atomic E-state index is 11.9. The second-order valence-electron chi connectivity index (χ2n) is 4.88. The van der Waals surface area contributed by atoms with E-state index < -0.39 is 0 Å². The van der Waals surface area contributed by atoms with Crippen LogP contribution >= 0.6 is 31.9 Å². The van der Waals surface area contributed by atoms with Gasteiger partial charge >= 0.3 is 5.97 Å². The van der Waals surface area contributed by atoms with Gasteiger partial charge in [0.05, 0.1) is 12.2 Å². The number of esters is 1. The van der Waals surface area contributed by atoms with Gasteiger partial charge in [-0.1, -0.05) is 61.4 Å². The van der Waals surface area contributed by atoms with Crippen LogP contribution in [0.4, 0.5) is 0 Å². The van der Waals surface area contributed by atoms with Crippen LogP contribution in [0, 0.1) is 0 Å². The zero-order valence-corrected chi connectivity index (χ0v) is 15.1. The minimum Gasteiger partial charge on any atom is -0.462 e. The number of carbonyl (C=O) groups excluding carboxylic acids is 1. The van der Waals surface area contributed by atoms with Gasteiger partial charge in [0.25, 0.3) is 0 Å². The van der Waals surface area contributed by atoms with Crippen molar-refractivity contribution in [2.45, 2.75) is 51.9 Å². The average molecular weight is 406 g/mol. The molecular formula is C16H22Br2O2. The number of hydrogen-bond acceptors (Lipinski definition) is 2. The summed E-state index contributed by atoms with van der Waals surface area (Å²) < 4.78 is 6.95. The molecule has 1 rings (SSSR count). The lowest BCUT2D eigenvalue weighted by atomic mass is 10.1. The largest absolute Gasteiger partial charge is 0.462 e. The van der Waals surface area contributed by atoms with Crippen LogP contribution < -0.4 is 0 Å². The van der Waals surface area contributed by atoms with E-state index in [1.807, 2.05) is 12.1 Å². The number of unbranched alkanes of at least 4 members (excludes halogenated alkanes) is 6. The van der Waals surface area contributed by atoms with Crippen LogP contribution in [0.5, 0.6) is 0 Å². The summed E-state index contributed by atoms with van der Waals surface area (Å²) in [4.78, 5) is 11.9. The van der Waals surface area contributed by atoms with E-state index in [4.69, 9.17) is 4.74 Å². The molecular weight excluding hydrogens is 384 g/mol. The minimum absolute atomic E-state index is 0.260. The fourth-order valence-electron chi connectivity index (χ4n) is 1.96. The quantitative estimate of drug-likeness (QED) is 0.365. The van der Waals surface area contributed by atoms with Crippen LogP contribution in [0.2, 0.25) is 0 Å². The van der Waals surface area contributed by atoms with E-state index in [9.17, 15) is 4.79 Å². The standard InChI is InChI=1S/C16H22Br2O2/c1-2-3-4-5-6-7-8-11-20-16(19)14-12-13(17)9-10-15(14)18/h9-10,12H,2-8,11H2,1H3. The highest BCUT2D eigenvalue weighted by molar-refractivity contribution is 9.11. The zero-order chi connectivity index (χ0) is 14.8. The Morgan fingerprint density at radius 2 is 1.70 bits per heavy atom. The lowest BCUT2D eigenvalue weighted by molar-refractivity contribution is 0.0496. The van der Waals surface area contributed by atoms with Crippen LogP contribution in [-0.4, -0.2) is 12.6 Å². The van der Waals surface area contributed by atoms with Crippen LogP contribution in [0.15, 0.2) is 27.1 Å². The molecule has 20 heavy (non-hydrogen) atoms. The van der Waals surface area contributed by atoms with E-state index in [0.29, 0.717) is 12.2 Å². The van der Waals surface area contributed by atoms with Crippen LogP contribution in [0.25, 0.3) is 0 Å². The summed E-state index contributed by atoms with van der Waals surface area (Å²) >= 11 is 6.73. The molecule has 112 valence electrons. The lowest BCUT2D eigenvalue weighted by Crippen LogP contribution is -2.07. The molecule has 0 saturated carbocycles. The van der Waals surface area contributed by atoms with Crippen molar-refractivity contribution in [3.8, 4) is 0 Å². The van der Waals surface area contributed by atoms with Gasteiger partial charge in [-0.2, -0.15) is 0 Å². The molecule has 0 radical (unpaired) electrons. The van der Waals surface area contributed by atoms with Gasteiger partial charge < -0.3 is 4.74 Å². The van der Waals surface area contributed by atoms with E-state index in [2.05, 4.69) is 38.8 Å². The summed E-state index contributed by atoms with van der Waals surface area (Å²) in [5.41, 5.74) is 0.572. The Labute approximate surface area is 138 Å². The molecule has 0 atom stereocenters. The highest BCUT2D eigenvalue weighted by atomic mass is 79.9. The first-order valence-corrected chi connectivity index (χ1v) is 8.86. The second-order valence-corrected chi connectivity index (χ2v) is 6.65. The summed E-state index contributed by atoms with van der Waals surface area (Å²) in [5, 5.41) is 0. The molecule has 0 unspecified atom stereocenters. The first kappa shape index (κ1) is 17.7. The fourth-order valence-corrected chi connectivity index (χ4v) is 2.73.